The Morgan fingerprint density at radius 3 is 2.17 bits per heavy atom. The van der Waals surface area contributed by atoms with Crippen molar-refractivity contribution in [2.75, 3.05) is 18.5 Å². The Morgan fingerprint density at radius 2 is 1.47 bits per heavy atom. The SMILES string of the molecule is CCOc1ccccc1OCCCC(=O)Nc1ccccc1Oc1ccc(C)cc1. The second-order valence-electron chi connectivity index (χ2n) is 6.79. The summed E-state index contributed by atoms with van der Waals surface area (Å²) >= 11 is 0. The Balaban J connectivity index is 1.50. The molecule has 0 fully saturated rings. The quantitative estimate of drug-likeness (QED) is 0.421. The molecule has 0 atom stereocenters. The van der Waals surface area contributed by atoms with Gasteiger partial charge in [-0.3, -0.25) is 4.79 Å². The lowest BCUT2D eigenvalue weighted by atomic mass is 10.2. The molecule has 0 heterocycles. The van der Waals surface area contributed by atoms with E-state index in [2.05, 4.69) is 5.32 Å². The van der Waals surface area contributed by atoms with Crippen molar-refractivity contribution in [2.45, 2.75) is 26.7 Å². The average molecular weight is 405 g/mol. The number of hydrogen-bond acceptors (Lipinski definition) is 4. The molecule has 156 valence electrons. The number of anilines is 1. The minimum atomic E-state index is -0.0864. The van der Waals surface area contributed by atoms with Crippen molar-refractivity contribution in [3.05, 3.63) is 78.4 Å². The van der Waals surface area contributed by atoms with Crippen LogP contribution < -0.4 is 19.5 Å². The van der Waals surface area contributed by atoms with Gasteiger partial charge in [0.05, 0.1) is 18.9 Å². The van der Waals surface area contributed by atoms with Crippen LogP contribution in [-0.4, -0.2) is 19.1 Å². The van der Waals surface area contributed by atoms with E-state index < -0.39 is 0 Å². The number of aryl methyl sites for hydroxylation is 1. The second-order valence-corrected chi connectivity index (χ2v) is 6.79. The molecule has 0 radical (unpaired) electrons. The van der Waals surface area contributed by atoms with Crippen molar-refractivity contribution in [2.24, 2.45) is 0 Å². The molecule has 0 aliphatic carbocycles. The number of carbonyl (C=O) groups excluding carboxylic acids is 1. The van der Waals surface area contributed by atoms with E-state index in [1.54, 1.807) is 0 Å². The summed E-state index contributed by atoms with van der Waals surface area (Å²) in [5.41, 5.74) is 1.81. The van der Waals surface area contributed by atoms with Crippen LogP contribution in [0, 0.1) is 6.92 Å². The summed E-state index contributed by atoms with van der Waals surface area (Å²) in [6, 6.07) is 22.7. The molecule has 0 aliphatic heterocycles. The van der Waals surface area contributed by atoms with E-state index in [-0.39, 0.29) is 5.91 Å². The Labute approximate surface area is 177 Å². The summed E-state index contributed by atoms with van der Waals surface area (Å²) in [6.07, 6.45) is 0.933. The fraction of sp³-hybridized carbons (Fsp3) is 0.240. The zero-order chi connectivity index (χ0) is 21.2. The van der Waals surface area contributed by atoms with E-state index in [1.165, 1.54) is 0 Å². The third kappa shape index (κ3) is 6.27. The molecular weight excluding hydrogens is 378 g/mol. The van der Waals surface area contributed by atoms with Crippen molar-refractivity contribution < 1.29 is 19.0 Å². The zero-order valence-corrected chi connectivity index (χ0v) is 17.4. The van der Waals surface area contributed by atoms with Crippen LogP contribution in [0.1, 0.15) is 25.3 Å². The Kier molecular flexibility index (Phi) is 7.72. The first kappa shape index (κ1) is 21.2. The molecule has 0 unspecified atom stereocenters. The fourth-order valence-corrected chi connectivity index (χ4v) is 2.86. The predicted molar refractivity (Wildman–Crippen MR) is 119 cm³/mol. The van der Waals surface area contributed by atoms with E-state index in [1.807, 2.05) is 86.6 Å². The number of para-hydroxylation sites is 4. The molecule has 0 aromatic heterocycles. The van der Waals surface area contributed by atoms with E-state index >= 15 is 0 Å². The number of carbonyl (C=O) groups is 1. The van der Waals surface area contributed by atoms with Crippen molar-refractivity contribution >= 4 is 11.6 Å². The van der Waals surface area contributed by atoms with Crippen LogP contribution in [0.5, 0.6) is 23.0 Å². The summed E-state index contributed by atoms with van der Waals surface area (Å²) in [4.78, 5) is 12.4. The first-order chi connectivity index (χ1) is 14.7. The maximum atomic E-state index is 12.4. The Bertz CT molecular complexity index is 953. The molecule has 1 N–H and O–H groups in total. The van der Waals surface area contributed by atoms with Gasteiger partial charge in [0.15, 0.2) is 17.2 Å². The van der Waals surface area contributed by atoms with Crippen molar-refractivity contribution in [3.63, 3.8) is 0 Å². The highest BCUT2D eigenvalue weighted by molar-refractivity contribution is 5.92. The third-order valence-corrected chi connectivity index (χ3v) is 4.36. The smallest absolute Gasteiger partial charge is 0.224 e. The molecule has 5 heteroatoms. The Morgan fingerprint density at radius 1 is 0.833 bits per heavy atom. The summed E-state index contributed by atoms with van der Waals surface area (Å²) in [5, 5.41) is 2.93. The summed E-state index contributed by atoms with van der Waals surface area (Å²) in [5.74, 6) is 2.65. The van der Waals surface area contributed by atoms with Crippen molar-refractivity contribution in [3.8, 4) is 23.0 Å². The largest absolute Gasteiger partial charge is 0.490 e. The number of nitrogens with one attached hydrogen (secondary N) is 1. The molecule has 1 amide bonds. The Hall–Kier alpha value is -3.47. The minimum absolute atomic E-state index is 0.0864. The molecular formula is C25H27NO4. The number of ether oxygens (including phenoxy) is 3. The maximum absolute atomic E-state index is 12.4. The maximum Gasteiger partial charge on any atom is 0.224 e. The van der Waals surface area contributed by atoms with Gasteiger partial charge in [0, 0.05) is 6.42 Å². The van der Waals surface area contributed by atoms with E-state index in [9.17, 15) is 4.79 Å². The lowest BCUT2D eigenvalue weighted by Crippen LogP contribution is -2.13. The lowest BCUT2D eigenvalue weighted by Gasteiger charge is -2.13. The first-order valence-electron chi connectivity index (χ1n) is 10.1. The highest BCUT2D eigenvalue weighted by Crippen LogP contribution is 2.30. The van der Waals surface area contributed by atoms with Gasteiger partial charge in [0.2, 0.25) is 5.91 Å². The standard InChI is InChI=1S/C25H27NO4/c1-3-28-23-11-6-7-12-24(23)29-18-8-13-25(27)26-21-9-4-5-10-22(21)30-20-16-14-19(2)15-17-20/h4-7,9-12,14-17H,3,8,13,18H2,1-2H3,(H,26,27). The molecule has 3 rings (SSSR count). The number of amides is 1. The third-order valence-electron chi connectivity index (χ3n) is 4.36. The van der Waals surface area contributed by atoms with Crippen LogP contribution in [0.4, 0.5) is 5.69 Å². The van der Waals surface area contributed by atoms with Crippen LogP contribution in [-0.2, 0) is 4.79 Å². The molecule has 30 heavy (non-hydrogen) atoms. The first-order valence-corrected chi connectivity index (χ1v) is 10.1. The summed E-state index contributed by atoms with van der Waals surface area (Å²) in [7, 11) is 0. The van der Waals surface area contributed by atoms with Gasteiger partial charge in [0.1, 0.15) is 5.75 Å². The molecule has 3 aromatic rings. The van der Waals surface area contributed by atoms with E-state index in [0.29, 0.717) is 49.0 Å². The lowest BCUT2D eigenvalue weighted by molar-refractivity contribution is -0.116. The molecule has 0 saturated carbocycles. The highest BCUT2D eigenvalue weighted by Gasteiger charge is 2.09. The van der Waals surface area contributed by atoms with Gasteiger partial charge in [-0.25, -0.2) is 0 Å². The van der Waals surface area contributed by atoms with Crippen LogP contribution in [0.15, 0.2) is 72.8 Å². The molecule has 0 spiro atoms. The van der Waals surface area contributed by atoms with Gasteiger partial charge in [-0.2, -0.15) is 0 Å². The monoisotopic (exact) mass is 405 g/mol. The predicted octanol–water partition coefficient (Wildman–Crippen LogP) is 5.98. The van der Waals surface area contributed by atoms with Gasteiger partial charge in [0.25, 0.3) is 0 Å². The van der Waals surface area contributed by atoms with Crippen LogP contribution in [0.2, 0.25) is 0 Å². The highest BCUT2D eigenvalue weighted by atomic mass is 16.5. The number of rotatable bonds is 10. The normalized spacial score (nSPS) is 10.3. The molecule has 0 bridgehead atoms. The number of benzene rings is 3. The fourth-order valence-electron chi connectivity index (χ4n) is 2.86. The topological polar surface area (TPSA) is 56.8 Å². The van der Waals surface area contributed by atoms with E-state index in [0.717, 1.165) is 11.3 Å². The van der Waals surface area contributed by atoms with Gasteiger partial charge >= 0.3 is 0 Å². The van der Waals surface area contributed by atoms with Gasteiger partial charge in [-0.1, -0.05) is 42.0 Å². The van der Waals surface area contributed by atoms with Crippen LogP contribution in [0.25, 0.3) is 0 Å². The summed E-state index contributed by atoms with van der Waals surface area (Å²) < 4.78 is 17.2. The molecule has 3 aromatic carbocycles. The van der Waals surface area contributed by atoms with Gasteiger partial charge < -0.3 is 19.5 Å². The molecule has 0 aliphatic rings. The molecule has 0 saturated heterocycles. The minimum Gasteiger partial charge on any atom is -0.490 e. The van der Waals surface area contributed by atoms with Crippen molar-refractivity contribution in [1.29, 1.82) is 0 Å². The van der Waals surface area contributed by atoms with Gasteiger partial charge in [-0.05, 0) is 56.7 Å². The van der Waals surface area contributed by atoms with Crippen molar-refractivity contribution in [1.82, 2.24) is 0 Å². The average Bonchev–Trinajstić information content (AvgIpc) is 2.75. The number of hydrogen-bond donors (Lipinski definition) is 1. The van der Waals surface area contributed by atoms with Crippen LogP contribution >= 0.6 is 0 Å². The van der Waals surface area contributed by atoms with Gasteiger partial charge in [-0.15, -0.1) is 0 Å². The zero-order valence-electron chi connectivity index (χ0n) is 17.4. The van der Waals surface area contributed by atoms with E-state index in [4.69, 9.17) is 14.2 Å². The summed E-state index contributed by atoms with van der Waals surface area (Å²) in [6.45, 7) is 4.96. The second kappa shape index (κ2) is 10.9. The van der Waals surface area contributed by atoms with Crippen LogP contribution in [0.3, 0.4) is 0 Å². The molecule has 5 nitrogen and oxygen atoms in total.